The van der Waals surface area contributed by atoms with E-state index in [1.165, 1.54) is 7.11 Å². The molecule has 6 nitrogen and oxygen atoms in total. The Morgan fingerprint density at radius 3 is 2.11 bits per heavy atom. The number of benzene rings is 2. The Morgan fingerprint density at radius 1 is 0.889 bits per heavy atom. The molecule has 0 saturated heterocycles. The van der Waals surface area contributed by atoms with Crippen LogP contribution in [0.25, 0.3) is 0 Å². The molecule has 1 fully saturated rings. The van der Waals surface area contributed by atoms with Gasteiger partial charge < -0.3 is 20.1 Å². The molecule has 2 aromatic carbocycles. The van der Waals surface area contributed by atoms with E-state index in [9.17, 15) is 9.59 Å². The summed E-state index contributed by atoms with van der Waals surface area (Å²) in [6.07, 6.45) is 0.536. The molecular formula is C21H24N2O4. The van der Waals surface area contributed by atoms with Crippen LogP contribution in [0.2, 0.25) is 0 Å². The van der Waals surface area contributed by atoms with Gasteiger partial charge in [0.1, 0.15) is 11.5 Å². The molecule has 0 aliphatic heterocycles. The van der Waals surface area contributed by atoms with Gasteiger partial charge in [0.15, 0.2) is 0 Å². The molecule has 1 aliphatic rings. The number of nitrogens with one attached hydrogen (secondary N) is 2. The number of amides is 2. The lowest BCUT2D eigenvalue weighted by molar-refractivity contribution is -0.122. The molecule has 2 unspecified atom stereocenters. The van der Waals surface area contributed by atoms with Crippen LogP contribution in [-0.2, 0) is 9.59 Å². The van der Waals surface area contributed by atoms with E-state index >= 15 is 0 Å². The highest BCUT2D eigenvalue weighted by atomic mass is 16.5. The van der Waals surface area contributed by atoms with E-state index in [1.807, 2.05) is 32.0 Å². The van der Waals surface area contributed by atoms with Gasteiger partial charge >= 0.3 is 0 Å². The summed E-state index contributed by atoms with van der Waals surface area (Å²) in [6.45, 7) is 3.97. The van der Waals surface area contributed by atoms with Crippen molar-refractivity contribution in [2.75, 3.05) is 24.9 Å². The van der Waals surface area contributed by atoms with Crippen molar-refractivity contribution in [3.8, 4) is 11.5 Å². The monoisotopic (exact) mass is 368 g/mol. The van der Waals surface area contributed by atoms with Crippen molar-refractivity contribution in [1.29, 1.82) is 0 Å². The van der Waals surface area contributed by atoms with Crippen molar-refractivity contribution in [2.24, 2.45) is 11.8 Å². The van der Waals surface area contributed by atoms with E-state index in [0.717, 1.165) is 16.8 Å². The van der Waals surface area contributed by atoms with E-state index in [2.05, 4.69) is 10.6 Å². The van der Waals surface area contributed by atoms with E-state index in [-0.39, 0.29) is 23.7 Å². The fourth-order valence-corrected chi connectivity index (χ4v) is 3.19. The normalized spacial score (nSPS) is 17.8. The maximum atomic E-state index is 12.5. The number of methoxy groups -OCH3 is 2. The van der Waals surface area contributed by atoms with E-state index in [0.29, 0.717) is 23.6 Å². The maximum absolute atomic E-state index is 12.5. The number of rotatable bonds is 6. The molecule has 0 bridgehead atoms. The number of carbonyl (C=O) groups excluding carboxylic acids is 2. The van der Waals surface area contributed by atoms with Crippen LogP contribution in [0, 0.1) is 25.7 Å². The molecular weight excluding hydrogens is 344 g/mol. The predicted molar refractivity (Wildman–Crippen MR) is 104 cm³/mol. The summed E-state index contributed by atoms with van der Waals surface area (Å²) < 4.78 is 10.5. The minimum absolute atomic E-state index is 0.127. The summed E-state index contributed by atoms with van der Waals surface area (Å²) >= 11 is 0. The van der Waals surface area contributed by atoms with Crippen LogP contribution in [0.4, 0.5) is 11.4 Å². The first-order valence-electron chi connectivity index (χ1n) is 8.83. The standard InChI is InChI=1S/C21H24N2O4/c1-12-7-13(2)9-14(8-12)22-20(24)16-11-17(16)21(25)23-18-10-15(26-3)5-6-19(18)27-4/h5-10,16-17H,11H2,1-4H3,(H,22,24)(H,23,25). The zero-order valence-corrected chi connectivity index (χ0v) is 16.0. The van der Waals surface area contributed by atoms with E-state index < -0.39 is 0 Å². The van der Waals surface area contributed by atoms with Crippen LogP contribution in [0.1, 0.15) is 17.5 Å². The predicted octanol–water partition coefficient (Wildman–Crippen LogP) is 3.53. The first-order valence-corrected chi connectivity index (χ1v) is 8.83. The second kappa shape index (κ2) is 7.70. The number of hydrogen-bond donors (Lipinski definition) is 2. The Labute approximate surface area is 158 Å². The zero-order valence-electron chi connectivity index (χ0n) is 16.0. The highest BCUT2D eigenvalue weighted by molar-refractivity contribution is 6.03. The van der Waals surface area contributed by atoms with Crippen molar-refractivity contribution >= 4 is 23.2 Å². The van der Waals surface area contributed by atoms with Gasteiger partial charge in [-0.2, -0.15) is 0 Å². The minimum Gasteiger partial charge on any atom is -0.497 e. The average Bonchev–Trinajstić information content (AvgIpc) is 3.41. The number of aryl methyl sites for hydroxylation is 2. The molecule has 2 aromatic rings. The minimum atomic E-state index is -0.341. The van der Waals surface area contributed by atoms with Crippen molar-refractivity contribution < 1.29 is 19.1 Å². The third-order valence-electron chi connectivity index (χ3n) is 4.62. The third-order valence-corrected chi connectivity index (χ3v) is 4.62. The Morgan fingerprint density at radius 2 is 1.52 bits per heavy atom. The van der Waals surface area contributed by atoms with Gasteiger partial charge in [-0.15, -0.1) is 0 Å². The fraction of sp³-hybridized carbons (Fsp3) is 0.333. The third kappa shape index (κ3) is 4.39. The second-order valence-corrected chi connectivity index (χ2v) is 6.87. The second-order valence-electron chi connectivity index (χ2n) is 6.87. The lowest BCUT2D eigenvalue weighted by Gasteiger charge is -2.12. The Balaban J connectivity index is 1.62. The molecule has 27 heavy (non-hydrogen) atoms. The summed E-state index contributed by atoms with van der Waals surface area (Å²) in [5.74, 6) is 0.182. The SMILES string of the molecule is COc1ccc(OC)c(NC(=O)C2CC2C(=O)Nc2cc(C)cc(C)c2)c1. The molecule has 3 rings (SSSR count). The van der Waals surface area contributed by atoms with Crippen LogP contribution >= 0.6 is 0 Å². The van der Waals surface area contributed by atoms with Gasteiger partial charge in [-0.1, -0.05) is 6.07 Å². The zero-order chi connectivity index (χ0) is 19.6. The molecule has 0 radical (unpaired) electrons. The maximum Gasteiger partial charge on any atom is 0.228 e. The number of carbonyl (C=O) groups is 2. The molecule has 142 valence electrons. The average molecular weight is 368 g/mol. The summed E-state index contributed by atoms with van der Waals surface area (Å²) in [5, 5.41) is 5.75. The Kier molecular flexibility index (Phi) is 5.35. The summed E-state index contributed by atoms with van der Waals surface area (Å²) in [6, 6.07) is 11.1. The van der Waals surface area contributed by atoms with Gasteiger partial charge in [-0.05, 0) is 55.7 Å². The van der Waals surface area contributed by atoms with Gasteiger partial charge in [0, 0.05) is 11.8 Å². The lowest BCUT2D eigenvalue weighted by atomic mass is 10.1. The molecule has 0 heterocycles. The Hall–Kier alpha value is -3.02. The van der Waals surface area contributed by atoms with Crippen molar-refractivity contribution in [3.63, 3.8) is 0 Å². The van der Waals surface area contributed by atoms with Gasteiger partial charge in [0.25, 0.3) is 0 Å². The van der Waals surface area contributed by atoms with Crippen molar-refractivity contribution in [1.82, 2.24) is 0 Å². The molecule has 2 atom stereocenters. The fourth-order valence-electron chi connectivity index (χ4n) is 3.19. The molecule has 2 amide bonds. The summed E-state index contributed by atoms with van der Waals surface area (Å²) in [4.78, 5) is 25.0. The lowest BCUT2D eigenvalue weighted by Crippen LogP contribution is -2.21. The van der Waals surface area contributed by atoms with Crippen LogP contribution in [0.3, 0.4) is 0 Å². The van der Waals surface area contributed by atoms with Gasteiger partial charge in [0.05, 0.1) is 31.7 Å². The molecule has 1 saturated carbocycles. The molecule has 0 spiro atoms. The van der Waals surface area contributed by atoms with Gasteiger partial charge in [0.2, 0.25) is 11.8 Å². The summed E-state index contributed by atoms with van der Waals surface area (Å²) in [7, 11) is 3.09. The number of hydrogen-bond acceptors (Lipinski definition) is 4. The van der Waals surface area contributed by atoms with Crippen molar-refractivity contribution in [3.05, 3.63) is 47.5 Å². The van der Waals surface area contributed by atoms with Gasteiger partial charge in [-0.3, -0.25) is 9.59 Å². The highest BCUT2D eigenvalue weighted by Gasteiger charge is 2.48. The largest absolute Gasteiger partial charge is 0.497 e. The van der Waals surface area contributed by atoms with Gasteiger partial charge in [-0.25, -0.2) is 0 Å². The quantitative estimate of drug-likeness (QED) is 0.818. The van der Waals surface area contributed by atoms with Crippen LogP contribution in [0.15, 0.2) is 36.4 Å². The molecule has 1 aliphatic carbocycles. The van der Waals surface area contributed by atoms with E-state index in [1.54, 1.807) is 25.3 Å². The number of anilines is 2. The first kappa shape index (κ1) is 18.8. The first-order chi connectivity index (χ1) is 12.9. The van der Waals surface area contributed by atoms with Crippen molar-refractivity contribution in [2.45, 2.75) is 20.3 Å². The van der Waals surface area contributed by atoms with E-state index in [4.69, 9.17) is 9.47 Å². The summed E-state index contributed by atoms with van der Waals surface area (Å²) in [5.41, 5.74) is 3.46. The molecule has 0 aromatic heterocycles. The smallest absolute Gasteiger partial charge is 0.228 e. The Bertz CT molecular complexity index is 858. The number of ether oxygens (including phenoxy) is 2. The molecule has 6 heteroatoms. The van der Waals surface area contributed by atoms with Crippen LogP contribution in [0.5, 0.6) is 11.5 Å². The topological polar surface area (TPSA) is 76.7 Å². The van der Waals surface area contributed by atoms with Crippen LogP contribution < -0.4 is 20.1 Å². The highest BCUT2D eigenvalue weighted by Crippen LogP contribution is 2.41. The molecule has 2 N–H and O–H groups in total. The van der Waals surface area contributed by atoms with Crippen LogP contribution in [-0.4, -0.2) is 26.0 Å².